The van der Waals surface area contributed by atoms with E-state index in [2.05, 4.69) is 20.3 Å². The minimum Gasteiger partial charge on any atom is -0.414 e. The van der Waals surface area contributed by atoms with E-state index in [1.54, 1.807) is 17.8 Å². The fourth-order valence-corrected chi connectivity index (χ4v) is 4.23. The van der Waals surface area contributed by atoms with Crippen molar-refractivity contribution in [3.63, 3.8) is 0 Å². The lowest BCUT2D eigenvalue weighted by Gasteiger charge is -2.20. The highest BCUT2D eigenvalue weighted by atomic mass is 32.2. The summed E-state index contributed by atoms with van der Waals surface area (Å²) < 4.78 is 58.1. The summed E-state index contributed by atoms with van der Waals surface area (Å²) in [4.78, 5) is 4.55. The second kappa shape index (κ2) is 7.91. The third kappa shape index (κ3) is 4.19. The van der Waals surface area contributed by atoms with E-state index in [0.717, 1.165) is 11.3 Å². The van der Waals surface area contributed by atoms with E-state index >= 15 is 0 Å². The maximum atomic E-state index is 12.6. The molecule has 9 nitrogen and oxygen atoms in total. The lowest BCUT2D eigenvalue weighted by atomic mass is 10.4. The topological polar surface area (TPSA) is 107 Å². The molecule has 0 aromatic carbocycles. The monoisotopic (exact) mass is 432 g/mol. The molecule has 3 rings (SSSR count). The Bertz CT molecular complexity index is 1040. The smallest absolute Gasteiger partial charge is 0.314 e. The van der Waals surface area contributed by atoms with Gasteiger partial charge in [-0.3, -0.25) is 8.99 Å². The molecule has 152 valence electrons. The molecule has 3 aromatic rings. The molecule has 13 heteroatoms. The van der Waals surface area contributed by atoms with E-state index in [4.69, 9.17) is 4.42 Å². The molecule has 0 saturated heterocycles. The van der Waals surface area contributed by atoms with Crippen molar-refractivity contribution >= 4 is 27.0 Å². The number of halogens is 2. The lowest BCUT2D eigenvalue weighted by molar-refractivity contribution is 0.116. The molecule has 0 spiro atoms. The first-order valence-corrected chi connectivity index (χ1v) is 10.7. The highest BCUT2D eigenvalue weighted by Gasteiger charge is 2.25. The Balaban J connectivity index is 1.88. The summed E-state index contributed by atoms with van der Waals surface area (Å²) in [6, 6.07) is 0.0768. The molecule has 0 N–H and O–H groups in total. The van der Waals surface area contributed by atoms with Gasteiger partial charge in [0.1, 0.15) is 9.88 Å². The Morgan fingerprint density at radius 1 is 1.29 bits per heavy atom. The van der Waals surface area contributed by atoms with Gasteiger partial charge < -0.3 is 4.42 Å². The number of sulfonamides is 1. The molecular weight excluding hydrogens is 414 g/mol. The van der Waals surface area contributed by atoms with E-state index in [0.29, 0.717) is 15.6 Å². The summed E-state index contributed by atoms with van der Waals surface area (Å²) in [7, 11) is -3.59. The van der Waals surface area contributed by atoms with E-state index in [9.17, 15) is 17.2 Å². The van der Waals surface area contributed by atoms with Crippen LogP contribution >= 0.6 is 11.3 Å². The molecule has 0 unspecified atom stereocenters. The summed E-state index contributed by atoms with van der Waals surface area (Å²) in [6.07, 6.45) is 1.65. The molecule has 0 aliphatic heterocycles. The summed E-state index contributed by atoms with van der Waals surface area (Å²) in [5.74, 6) is -0.961. The number of alkyl halides is 2. The summed E-state index contributed by atoms with van der Waals surface area (Å²) >= 11 is 1.09. The number of nitrogens with zero attached hydrogens (tertiary/aromatic N) is 6. The van der Waals surface area contributed by atoms with Crippen LogP contribution in [-0.4, -0.2) is 39.1 Å². The van der Waals surface area contributed by atoms with Crippen LogP contribution in [0.3, 0.4) is 0 Å². The first-order valence-electron chi connectivity index (χ1n) is 8.32. The zero-order valence-electron chi connectivity index (χ0n) is 15.3. The standard InChI is InChI=1S/C15H18F2N6O3S2/c1-4-28(24,25)23(10-5-19-22(7-10)9(2)3)8-12-18-6-11(27-12)14-20-21-15(26-14)13(16)17/h5-7,9,13H,4,8H2,1-3H3. The van der Waals surface area contributed by atoms with Crippen molar-refractivity contribution in [2.45, 2.75) is 39.8 Å². The number of hydrogen-bond donors (Lipinski definition) is 0. The van der Waals surface area contributed by atoms with E-state index in [1.807, 2.05) is 13.8 Å². The molecule has 0 saturated carbocycles. The van der Waals surface area contributed by atoms with Crippen LogP contribution in [0, 0.1) is 0 Å². The third-order valence-electron chi connectivity index (χ3n) is 3.78. The largest absolute Gasteiger partial charge is 0.414 e. The summed E-state index contributed by atoms with van der Waals surface area (Å²) in [6.45, 7) is 5.38. The van der Waals surface area contributed by atoms with Gasteiger partial charge in [0.25, 0.3) is 11.8 Å². The fourth-order valence-electron chi connectivity index (χ4n) is 2.27. The number of thiazole rings is 1. The van der Waals surface area contributed by atoms with Crippen molar-refractivity contribution in [3.05, 3.63) is 29.5 Å². The molecule has 0 aliphatic carbocycles. The number of rotatable bonds is 8. The molecular formula is C15H18F2N6O3S2. The molecule has 0 atom stereocenters. The van der Waals surface area contributed by atoms with Crippen LogP contribution < -0.4 is 4.31 Å². The highest BCUT2D eigenvalue weighted by molar-refractivity contribution is 7.92. The Morgan fingerprint density at radius 2 is 2.04 bits per heavy atom. The van der Waals surface area contributed by atoms with Gasteiger partial charge in [-0.05, 0) is 20.8 Å². The van der Waals surface area contributed by atoms with Crippen LogP contribution in [0.2, 0.25) is 0 Å². The first-order chi connectivity index (χ1) is 13.2. The van der Waals surface area contributed by atoms with Crippen LogP contribution in [0.1, 0.15) is 44.1 Å². The van der Waals surface area contributed by atoms with E-state index in [-0.39, 0.29) is 24.2 Å². The number of hydrogen-bond acceptors (Lipinski definition) is 8. The maximum Gasteiger partial charge on any atom is 0.314 e. The third-order valence-corrected chi connectivity index (χ3v) is 6.49. The SMILES string of the molecule is CCS(=O)(=O)N(Cc1ncc(-c2nnc(C(F)F)o2)s1)c1cnn(C(C)C)c1. The van der Waals surface area contributed by atoms with Crippen molar-refractivity contribution in [3.8, 4) is 10.8 Å². The molecule has 28 heavy (non-hydrogen) atoms. The van der Waals surface area contributed by atoms with Gasteiger partial charge in [-0.25, -0.2) is 13.4 Å². The van der Waals surface area contributed by atoms with E-state index in [1.165, 1.54) is 16.7 Å². The zero-order chi connectivity index (χ0) is 20.5. The van der Waals surface area contributed by atoms with Crippen LogP contribution in [0.5, 0.6) is 0 Å². The number of aromatic nitrogens is 5. The lowest BCUT2D eigenvalue weighted by Crippen LogP contribution is -2.31. The summed E-state index contributed by atoms with van der Waals surface area (Å²) in [5, 5.41) is 11.5. The van der Waals surface area contributed by atoms with Gasteiger partial charge in [0.15, 0.2) is 0 Å². The van der Waals surface area contributed by atoms with Crippen molar-refractivity contribution in [1.29, 1.82) is 0 Å². The second-order valence-corrected chi connectivity index (χ2v) is 9.34. The Morgan fingerprint density at radius 3 is 2.61 bits per heavy atom. The minimum absolute atomic E-state index is 0.0273. The number of anilines is 1. The second-order valence-electron chi connectivity index (χ2n) is 6.04. The fraction of sp³-hybridized carbons (Fsp3) is 0.467. The van der Waals surface area contributed by atoms with E-state index < -0.39 is 22.3 Å². The Kier molecular flexibility index (Phi) is 5.74. The quantitative estimate of drug-likeness (QED) is 0.538. The van der Waals surface area contributed by atoms with Gasteiger partial charge in [0.05, 0.1) is 30.4 Å². The first kappa shape index (κ1) is 20.3. The zero-order valence-corrected chi connectivity index (χ0v) is 16.9. The average Bonchev–Trinajstić information content (AvgIpc) is 3.38. The van der Waals surface area contributed by atoms with Gasteiger partial charge in [-0.1, -0.05) is 0 Å². The highest BCUT2D eigenvalue weighted by Crippen LogP contribution is 2.30. The van der Waals surface area contributed by atoms with Crippen molar-refractivity contribution < 1.29 is 21.6 Å². The van der Waals surface area contributed by atoms with Crippen molar-refractivity contribution in [2.24, 2.45) is 0 Å². The average molecular weight is 432 g/mol. The van der Waals surface area contributed by atoms with Gasteiger partial charge in [-0.15, -0.1) is 21.5 Å². The van der Waals surface area contributed by atoms with Gasteiger partial charge in [-0.2, -0.15) is 13.9 Å². The molecule has 0 fully saturated rings. The van der Waals surface area contributed by atoms with Gasteiger partial charge >= 0.3 is 6.43 Å². The molecule has 3 heterocycles. The van der Waals surface area contributed by atoms with Crippen molar-refractivity contribution in [2.75, 3.05) is 10.1 Å². The van der Waals surface area contributed by atoms with Crippen molar-refractivity contribution in [1.82, 2.24) is 25.0 Å². The Labute approximate surface area is 164 Å². The van der Waals surface area contributed by atoms with Gasteiger partial charge in [0, 0.05) is 12.2 Å². The van der Waals surface area contributed by atoms with Gasteiger partial charge in [0.2, 0.25) is 10.0 Å². The predicted molar refractivity (Wildman–Crippen MR) is 98.6 cm³/mol. The molecule has 0 radical (unpaired) electrons. The molecule has 3 aromatic heterocycles. The normalized spacial score (nSPS) is 12.2. The molecule has 0 bridgehead atoms. The minimum atomic E-state index is -3.59. The maximum absolute atomic E-state index is 12.6. The predicted octanol–water partition coefficient (Wildman–Crippen LogP) is 3.26. The molecule has 0 amide bonds. The van der Waals surface area contributed by atoms with Crippen LogP contribution in [0.15, 0.2) is 23.0 Å². The summed E-state index contributed by atoms with van der Waals surface area (Å²) in [5.41, 5.74) is 0.421. The molecule has 0 aliphatic rings. The van der Waals surface area contributed by atoms with Crippen LogP contribution in [0.25, 0.3) is 10.8 Å². The Hall–Kier alpha value is -2.41. The van der Waals surface area contributed by atoms with Crippen LogP contribution in [-0.2, 0) is 16.6 Å². The van der Waals surface area contributed by atoms with Crippen LogP contribution in [0.4, 0.5) is 14.5 Å².